The number of carboxylic acid groups (broad SMARTS) is 1. The number of benzene rings is 2. The van der Waals surface area contributed by atoms with Crippen LogP contribution in [0.3, 0.4) is 0 Å². The van der Waals surface area contributed by atoms with Gasteiger partial charge >= 0.3 is 17.7 Å². The van der Waals surface area contributed by atoms with Crippen LogP contribution in [-0.4, -0.2) is 64.4 Å². The van der Waals surface area contributed by atoms with E-state index in [-0.39, 0.29) is 24.6 Å². The first-order chi connectivity index (χ1) is 19.9. The van der Waals surface area contributed by atoms with Crippen molar-refractivity contribution in [2.75, 3.05) is 18.5 Å². The lowest BCUT2D eigenvalue weighted by atomic mass is 10.1. The fourth-order valence-electron chi connectivity index (χ4n) is 4.70. The van der Waals surface area contributed by atoms with Gasteiger partial charge in [0.05, 0.1) is 18.8 Å². The second-order valence-corrected chi connectivity index (χ2v) is 9.37. The molecule has 3 N–H and O–H groups in total. The van der Waals surface area contributed by atoms with Crippen LogP contribution in [0, 0.1) is 0 Å². The molecule has 214 valence electrons. The molecule has 5 atom stereocenters. The lowest BCUT2D eigenvalue weighted by molar-refractivity contribution is -0.141. The minimum Gasteiger partial charge on any atom is -0.478 e. The van der Waals surface area contributed by atoms with Gasteiger partial charge in [-0.1, -0.05) is 54.6 Å². The van der Waals surface area contributed by atoms with Gasteiger partial charge in [0.2, 0.25) is 0 Å². The smallest absolute Gasteiger partial charge is 0.351 e. The summed E-state index contributed by atoms with van der Waals surface area (Å²) in [5.74, 6) is -0.949. The number of carbonyl (C=O) groups excluding carboxylic acids is 1. The highest BCUT2D eigenvalue weighted by molar-refractivity contribution is 5.89. The van der Waals surface area contributed by atoms with Gasteiger partial charge in [0.15, 0.2) is 12.5 Å². The quantitative estimate of drug-likeness (QED) is 0.339. The van der Waals surface area contributed by atoms with E-state index < -0.39 is 48.5 Å². The minimum atomic E-state index is -1.04. The molecular weight excluding hydrogens is 532 g/mol. The number of urea groups is 1. The molecule has 2 aliphatic heterocycles. The molecule has 2 fully saturated rings. The highest BCUT2D eigenvalue weighted by Gasteiger charge is 2.53. The summed E-state index contributed by atoms with van der Waals surface area (Å²) in [5, 5.41) is 14.5. The molecule has 5 rings (SSSR count). The number of aromatic nitrogens is 2. The van der Waals surface area contributed by atoms with Crippen molar-refractivity contribution in [1.82, 2.24) is 14.9 Å². The normalized spacial score (nSPS) is 23.4. The topological polar surface area (TPSA) is 150 Å². The van der Waals surface area contributed by atoms with E-state index in [9.17, 15) is 19.5 Å². The number of nitrogens with zero attached hydrogens (tertiary/aromatic N) is 2. The van der Waals surface area contributed by atoms with Gasteiger partial charge in [0.1, 0.15) is 24.1 Å². The summed E-state index contributed by atoms with van der Waals surface area (Å²) in [6.07, 6.45) is 1.68. The summed E-state index contributed by atoms with van der Waals surface area (Å²) < 4.78 is 25.7. The van der Waals surface area contributed by atoms with Crippen LogP contribution in [0.2, 0.25) is 0 Å². The Bertz CT molecular complexity index is 1460. The van der Waals surface area contributed by atoms with E-state index in [0.29, 0.717) is 12.1 Å². The van der Waals surface area contributed by atoms with Gasteiger partial charge in [0.25, 0.3) is 0 Å². The zero-order valence-electron chi connectivity index (χ0n) is 22.2. The zero-order chi connectivity index (χ0) is 28.8. The molecule has 2 amide bonds. The Hall–Kier alpha value is -4.36. The first-order valence-electron chi connectivity index (χ1n) is 13.2. The number of hydrogen-bond donors (Lipinski definition) is 3. The number of aromatic carboxylic acids is 1. The molecule has 12 heteroatoms. The zero-order valence-corrected chi connectivity index (χ0v) is 22.2. The lowest BCUT2D eigenvalue weighted by Gasteiger charge is -2.21. The van der Waals surface area contributed by atoms with Gasteiger partial charge in [-0.3, -0.25) is 9.88 Å². The van der Waals surface area contributed by atoms with Crippen molar-refractivity contribution in [3.8, 4) is 0 Å². The largest absolute Gasteiger partial charge is 0.478 e. The maximum absolute atomic E-state index is 13.0. The highest BCUT2D eigenvalue weighted by atomic mass is 16.8. The SMILES string of the molecule is CCNC(=O)Nc1ccn([C@@H]2O[C@H](COCc3ccccc3C(=O)O)C3O[C@H](C=Cc4ccccc4)O[C@@H]32)c(=O)n1. The van der Waals surface area contributed by atoms with E-state index in [2.05, 4.69) is 15.6 Å². The third-order valence-electron chi connectivity index (χ3n) is 6.58. The fourth-order valence-corrected chi connectivity index (χ4v) is 4.70. The number of anilines is 1. The Balaban J connectivity index is 1.33. The first-order valence-corrected chi connectivity index (χ1v) is 13.2. The monoisotopic (exact) mass is 562 g/mol. The number of fused-ring (bicyclic) bond motifs is 1. The van der Waals surface area contributed by atoms with Crippen molar-refractivity contribution in [1.29, 1.82) is 0 Å². The van der Waals surface area contributed by atoms with Crippen LogP contribution in [0.5, 0.6) is 0 Å². The molecule has 2 aromatic carbocycles. The number of carbonyl (C=O) groups is 2. The summed E-state index contributed by atoms with van der Waals surface area (Å²) in [5.41, 5.74) is 0.999. The first kappa shape index (κ1) is 28.2. The van der Waals surface area contributed by atoms with Crippen molar-refractivity contribution >= 4 is 23.9 Å². The van der Waals surface area contributed by atoms with Crippen molar-refractivity contribution in [2.45, 2.75) is 44.4 Å². The number of hydrogen-bond acceptors (Lipinski definition) is 8. The molecule has 41 heavy (non-hydrogen) atoms. The Morgan fingerprint density at radius 2 is 1.80 bits per heavy atom. The predicted molar refractivity (Wildman–Crippen MR) is 147 cm³/mol. The Morgan fingerprint density at radius 1 is 1.05 bits per heavy atom. The summed E-state index contributed by atoms with van der Waals surface area (Å²) in [7, 11) is 0. The highest BCUT2D eigenvalue weighted by Crippen LogP contribution is 2.39. The van der Waals surface area contributed by atoms with E-state index >= 15 is 0 Å². The molecular formula is C29H30N4O8. The summed E-state index contributed by atoms with van der Waals surface area (Å²) in [4.78, 5) is 40.3. The van der Waals surface area contributed by atoms with Gasteiger partial charge in [-0.05, 0) is 36.3 Å². The third kappa shape index (κ3) is 6.69. The van der Waals surface area contributed by atoms with Gasteiger partial charge in [-0.25, -0.2) is 14.4 Å². The maximum Gasteiger partial charge on any atom is 0.351 e. The van der Waals surface area contributed by atoms with E-state index in [1.807, 2.05) is 36.4 Å². The van der Waals surface area contributed by atoms with Crippen LogP contribution in [0.15, 0.2) is 77.7 Å². The lowest BCUT2D eigenvalue weighted by Crippen LogP contribution is -2.35. The molecule has 1 aromatic heterocycles. The summed E-state index contributed by atoms with van der Waals surface area (Å²) in [6, 6.07) is 17.3. The molecule has 3 aromatic rings. The fraction of sp³-hybridized carbons (Fsp3) is 0.310. The molecule has 0 aliphatic carbocycles. The van der Waals surface area contributed by atoms with Crippen LogP contribution in [0.4, 0.5) is 10.6 Å². The average Bonchev–Trinajstić information content (AvgIpc) is 3.52. The number of rotatable bonds is 10. The van der Waals surface area contributed by atoms with Crippen LogP contribution in [-0.2, 0) is 25.6 Å². The molecule has 12 nitrogen and oxygen atoms in total. The number of ether oxygens (including phenoxy) is 4. The van der Waals surface area contributed by atoms with Gasteiger partial charge in [-0.2, -0.15) is 4.98 Å². The summed E-state index contributed by atoms with van der Waals surface area (Å²) >= 11 is 0. The maximum atomic E-state index is 13.0. The van der Waals surface area contributed by atoms with E-state index in [1.165, 1.54) is 22.9 Å². The molecule has 0 radical (unpaired) electrons. The van der Waals surface area contributed by atoms with Crippen molar-refractivity contribution in [3.63, 3.8) is 0 Å². The van der Waals surface area contributed by atoms with E-state index in [0.717, 1.165) is 5.56 Å². The van der Waals surface area contributed by atoms with Crippen molar-refractivity contribution in [3.05, 3.63) is 100 Å². The Labute approximate surface area is 235 Å². The standard InChI is InChI=1S/C29H30N4O8/c1-2-30-28(36)31-22-14-15-33(29(37)32-22)26-25-24(40-23(41-25)13-12-18-8-4-3-5-9-18)21(39-26)17-38-16-19-10-6-7-11-20(19)27(34)35/h3-15,21,23-26H,2,16-17H2,1H3,(H,34,35)(H2,30,31,32,36,37)/t21-,23+,24?,25+,26-/m1/s1. The Kier molecular flexibility index (Phi) is 8.85. The number of amides is 2. The van der Waals surface area contributed by atoms with Crippen LogP contribution < -0.4 is 16.3 Å². The second kappa shape index (κ2) is 12.9. The third-order valence-corrected chi connectivity index (χ3v) is 6.58. The Morgan fingerprint density at radius 3 is 2.56 bits per heavy atom. The van der Waals surface area contributed by atoms with Crippen LogP contribution >= 0.6 is 0 Å². The van der Waals surface area contributed by atoms with E-state index in [4.69, 9.17) is 18.9 Å². The molecule has 0 saturated carbocycles. The molecule has 2 aliphatic rings. The van der Waals surface area contributed by atoms with Crippen LogP contribution in [0.25, 0.3) is 6.08 Å². The molecule has 0 bridgehead atoms. The number of nitrogens with one attached hydrogen (secondary N) is 2. The molecule has 3 heterocycles. The number of carboxylic acids is 1. The predicted octanol–water partition coefficient (Wildman–Crippen LogP) is 3.02. The van der Waals surface area contributed by atoms with Crippen LogP contribution in [0.1, 0.15) is 34.6 Å². The minimum absolute atomic E-state index is 0.0459. The molecule has 0 spiro atoms. The van der Waals surface area contributed by atoms with Gasteiger partial charge < -0.3 is 29.4 Å². The van der Waals surface area contributed by atoms with Gasteiger partial charge in [-0.15, -0.1) is 0 Å². The molecule has 1 unspecified atom stereocenters. The molecule has 2 saturated heterocycles. The second-order valence-electron chi connectivity index (χ2n) is 9.37. The van der Waals surface area contributed by atoms with E-state index in [1.54, 1.807) is 31.2 Å². The van der Waals surface area contributed by atoms with Gasteiger partial charge in [0, 0.05) is 12.7 Å². The van der Waals surface area contributed by atoms with Crippen molar-refractivity contribution < 1.29 is 33.6 Å². The average molecular weight is 563 g/mol. The summed E-state index contributed by atoms with van der Waals surface area (Å²) in [6.45, 7) is 2.30. The van der Waals surface area contributed by atoms with Crippen molar-refractivity contribution in [2.24, 2.45) is 0 Å².